The molecule has 0 saturated carbocycles. The molecule has 9 rings (SSSR count). The molecule has 0 saturated heterocycles. The summed E-state index contributed by atoms with van der Waals surface area (Å²) in [5.41, 5.74) is 3.78. The highest BCUT2D eigenvalue weighted by molar-refractivity contribution is 6.26. The molecule has 0 N–H and O–H groups in total. The molecule has 0 heterocycles. The maximum absolute atomic E-state index is 9.16. The molecule has 0 aliphatic heterocycles. The number of rotatable bonds is 3. The average molecular weight is 565 g/mol. The van der Waals surface area contributed by atoms with Gasteiger partial charge in [0.05, 0.1) is 11.0 Å². The minimum Gasteiger partial charge on any atom is -0.0622 e. The lowest BCUT2D eigenvalue weighted by molar-refractivity contribution is 1.63. The van der Waals surface area contributed by atoms with Gasteiger partial charge in [-0.1, -0.05) is 164 Å². The van der Waals surface area contributed by atoms with E-state index in [9.17, 15) is 0 Å². The molecule has 0 aliphatic rings. The lowest BCUT2D eigenvalue weighted by atomic mass is 9.85. The van der Waals surface area contributed by atoms with Crippen molar-refractivity contribution in [1.82, 2.24) is 0 Å². The molecule has 0 amide bonds. The third-order valence-corrected chi connectivity index (χ3v) is 8.69. The first-order valence-electron chi connectivity index (χ1n) is 18.6. The Morgan fingerprint density at radius 3 is 1.14 bits per heavy atom. The summed E-state index contributed by atoms with van der Waals surface area (Å²) in [5.74, 6) is 0. The number of hydrogen-bond donors (Lipinski definition) is 0. The molecule has 9 aromatic carbocycles. The lowest BCUT2D eigenvalue weighted by Crippen LogP contribution is -1.90. The van der Waals surface area contributed by atoms with E-state index in [0.717, 1.165) is 27.3 Å². The Kier molecular flexibility index (Phi) is 4.08. The average Bonchev–Trinajstić information content (AvgIpc) is 3.19. The molecule has 0 nitrogen and oxygen atoms in total. The van der Waals surface area contributed by atoms with E-state index >= 15 is 0 Å². The fraction of sp³-hybridized carbons (Fsp3) is 0. The first kappa shape index (κ1) is 18.1. The zero-order valence-electron chi connectivity index (χ0n) is 31.5. The third kappa shape index (κ3) is 3.78. The van der Waals surface area contributed by atoms with Crippen molar-refractivity contribution in [3.63, 3.8) is 0 Å². The second-order valence-electron chi connectivity index (χ2n) is 11.0. The highest BCUT2D eigenvalue weighted by atomic mass is 14.2. The van der Waals surface area contributed by atoms with E-state index in [1.165, 1.54) is 16.2 Å². The van der Waals surface area contributed by atoms with Crippen LogP contribution in [0.3, 0.4) is 0 Å². The quantitative estimate of drug-likeness (QED) is 0.148. The van der Waals surface area contributed by atoms with Crippen molar-refractivity contribution in [3.05, 3.63) is 170 Å². The molecule has 0 aromatic heterocycles. The third-order valence-electron chi connectivity index (χ3n) is 8.69. The fourth-order valence-electron chi connectivity index (χ4n) is 6.72. The van der Waals surface area contributed by atoms with Gasteiger partial charge in [-0.2, -0.15) is 0 Å². The standard InChI is InChI=1S/C44H28/c1-2-12-30(13-3-1)43-38-18-8-10-20-40(38)44(41-21-11-9-19-39(41)43)31-24-22-29(23-25-31)32-26-27-37-35-16-5-4-14-33(35)34-15-6-7-17-36(34)42(37)28-32/h1-28H/i8D,9D,10D,11D,18D,19D,20D,21D. The van der Waals surface area contributed by atoms with E-state index in [-0.39, 0.29) is 45.7 Å². The van der Waals surface area contributed by atoms with Gasteiger partial charge in [-0.3, -0.25) is 0 Å². The Morgan fingerprint density at radius 1 is 0.273 bits per heavy atom. The van der Waals surface area contributed by atoms with Crippen LogP contribution in [0.1, 0.15) is 11.0 Å². The predicted octanol–water partition coefficient (Wildman–Crippen LogP) is 12.5. The van der Waals surface area contributed by atoms with Crippen LogP contribution in [0.25, 0.3) is 87.2 Å². The molecule has 0 atom stereocenters. The molecule has 0 heteroatoms. The monoisotopic (exact) mass is 564 g/mol. The van der Waals surface area contributed by atoms with Crippen molar-refractivity contribution in [2.24, 2.45) is 0 Å². The van der Waals surface area contributed by atoms with E-state index in [1.54, 1.807) is 24.3 Å². The highest BCUT2D eigenvalue weighted by Crippen LogP contribution is 2.44. The molecule has 0 fully saturated rings. The van der Waals surface area contributed by atoms with Gasteiger partial charge in [-0.15, -0.1) is 0 Å². The van der Waals surface area contributed by atoms with E-state index in [1.807, 2.05) is 30.3 Å². The van der Waals surface area contributed by atoms with Gasteiger partial charge >= 0.3 is 0 Å². The summed E-state index contributed by atoms with van der Waals surface area (Å²) in [6.07, 6.45) is 0. The molecule has 0 unspecified atom stereocenters. The molecule has 0 aliphatic carbocycles. The Bertz CT molecular complexity index is 2850. The van der Waals surface area contributed by atoms with Crippen LogP contribution in [-0.2, 0) is 0 Å². The molecule has 0 radical (unpaired) electrons. The Morgan fingerprint density at radius 2 is 0.636 bits per heavy atom. The van der Waals surface area contributed by atoms with Gasteiger partial charge in [0.1, 0.15) is 0 Å². The summed E-state index contributed by atoms with van der Waals surface area (Å²) in [7, 11) is 0. The van der Waals surface area contributed by atoms with E-state index < -0.39 is 24.2 Å². The van der Waals surface area contributed by atoms with Crippen molar-refractivity contribution in [3.8, 4) is 33.4 Å². The van der Waals surface area contributed by atoms with Gasteiger partial charge < -0.3 is 0 Å². The summed E-state index contributed by atoms with van der Waals surface area (Å²) < 4.78 is 71.1. The molecular formula is C44H28. The van der Waals surface area contributed by atoms with E-state index in [0.29, 0.717) is 22.3 Å². The van der Waals surface area contributed by atoms with E-state index in [2.05, 4.69) is 66.7 Å². The van der Waals surface area contributed by atoms with Crippen molar-refractivity contribution >= 4 is 53.9 Å². The second-order valence-corrected chi connectivity index (χ2v) is 11.0. The van der Waals surface area contributed by atoms with Gasteiger partial charge in [0, 0.05) is 0 Å². The highest BCUT2D eigenvalue weighted by Gasteiger charge is 2.16. The summed E-state index contributed by atoms with van der Waals surface area (Å²) >= 11 is 0. The lowest BCUT2D eigenvalue weighted by Gasteiger charge is -2.18. The molecule has 204 valence electrons. The van der Waals surface area contributed by atoms with Crippen LogP contribution in [-0.4, -0.2) is 0 Å². The molecule has 0 spiro atoms. The SMILES string of the molecule is [2H]c1c([2H])c([2H])c2c(-c3ccc(-c4ccc5c6ccccc6c6ccccc6c5c4)cc3)c3c([2H])c([2H])c([2H])c([2H])c3c(-c3ccccc3)c2c1[2H]. The number of fused-ring (bicyclic) bond motifs is 8. The largest absolute Gasteiger partial charge is 0.0629 e. The zero-order chi connectivity index (χ0) is 36.0. The molecule has 9 aromatic rings. The normalized spacial score (nSPS) is 14.2. The smallest absolute Gasteiger partial charge is 0.0622 e. The molecular weight excluding hydrogens is 528 g/mol. The minimum atomic E-state index is -0.412. The van der Waals surface area contributed by atoms with E-state index in [4.69, 9.17) is 11.0 Å². The van der Waals surface area contributed by atoms with Crippen LogP contribution < -0.4 is 0 Å². The maximum Gasteiger partial charge on any atom is 0.0629 e. The van der Waals surface area contributed by atoms with Crippen molar-refractivity contribution in [1.29, 1.82) is 0 Å². The van der Waals surface area contributed by atoms with Crippen molar-refractivity contribution < 1.29 is 11.0 Å². The van der Waals surface area contributed by atoms with Crippen LogP contribution in [0, 0.1) is 0 Å². The van der Waals surface area contributed by atoms with Crippen LogP contribution in [0.15, 0.2) is 170 Å². The molecule has 44 heavy (non-hydrogen) atoms. The Hall–Kier alpha value is -5.72. The van der Waals surface area contributed by atoms with Crippen LogP contribution >= 0.6 is 0 Å². The first-order chi connectivity index (χ1) is 25.2. The second kappa shape index (κ2) is 9.93. The number of hydrogen-bond acceptors (Lipinski definition) is 0. The minimum absolute atomic E-state index is 0.208. The van der Waals surface area contributed by atoms with Crippen LogP contribution in [0.5, 0.6) is 0 Å². The van der Waals surface area contributed by atoms with Gasteiger partial charge in [-0.25, -0.2) is 0 Å². The fourth-order valence-corrected chi connectivity index (χ4v) is 6.72. The van der Waals surface area contributed by atoms with Gasteiger partial charge in [-0.05, 0) is 93.3 Å². The summed E-state index contributed by atoms with van der Waals surface area (Å²) in [6.45, 7) is 0. The van der Waals surface area contributed by atoms with Crippen LogP contribution in [0.2, 0.25) is 0 Å². The van der Waals surface area contributed by atoms with Gasteiger partial charge in [0.2, 0.25) is 0 Å². The molecule has 0 bridgehead atoms. The van der Waals surface area contributed by atoms with Crippen LogP contribution in [0.4, 0.5) is 0 Å². The van der Waals surface area contributed by atoms with Crippen molar-refractivity contribution in [2.75, 3.05) is 0 Å². The van der Waals surface area contributed by atoms with Gasteiger partial charge in [0.25, 0.3) is 0 Å². The topological polar surface area (TPSA) is 0 Å². The summed E-state index contributed by atoms with van der Waals surface area (Å²) in [5, 5.41) is 7.87. The Balaban J connectivity index is 1.34. The maximum atomic E-state index is 9.16. The summed E-state index contributed by atoms with van der Waals surface area (Å²) in [6, 6.07) is 37.3. The predicted molar refractivity (Wildman–Crippen MR) is 190 cm³/mol. The first-order valence-corrected chi connectivity index (χ1v) is 14.6. The van der Waals surface area contributed by atoms with Gasteiger partial charge in [0.15, 0.2) is 0 Å². The zero-order valence-corrected chi connectivity index (χ0v) is 23.5. The number of benzene rings is 9. The summed E-state index contributed by atoms with van der Waals surface area (Å²) in [4.78, 5) is 0. The van der Waals surface area contributed by atoms with Crippen molar-refractivity contribution in [2.45, 2.75) is 0 Å². The Labute approximate surface area is 267 Å².